The molecule has 0 atom stereocenters. The maximum Gasteiger partial charge on any atom is 0.220 e. The fraction of sp³-hybridized carbons (Fsp3) is 0.579. The van der Waals surface area contributed by atoms with E-state index in [9.17, 15) is 0 Å². The number of aromatic nitrogens is 3. The molecule has 25 heavy (non-hydrogen) atoms. The van der Waals surface area contributed by atoms with Gasteiger partial charge in [-0.05, 0) is 50.0 Å². The maximum atomic E-state index is 5.91. The third kappa shape index (κ3) is 5.74. The van der Waals surface area contributed by atoms with Gasteiger partial charge in [0.1, 0.15) is 12.1 Å². The first kappa shape index (κ1) is 17.7. The van der Waals surface area contributed by atoms with Gasteiger partial charge in [0.25, 0.3) is 0 Å². The van der Waals surface area contributed by atoms with Crippen LogP contribution in [0.3, 0.4) is 0 Å². The molecule has 0 saturated carbocycles. The van der Waals surface area contributed by atoms with Crippen molar-refractivity contribution in [3.8, 4) is 5.75 Å². The molecule has 1 aromatic heterocycles. The molecule has 1 aliphatic rings. The largest absolute Gasteiger partial charge is 0.494 e. The van der Waals surface area contributed by atoms with Gasteiger partial charge < -0.3 is 10.1 Å². The van der Waals surface area contributed by atoms with Crippen LogP contribution in [-0.4, -0.2) is 45.9 Å². The summed E-state index contributed by atoms with van der Waals surface area (Å²) in [4.78, 5) is 6.71. The van der Waals surface area contributed by atoms with E-state index in [1.807, 2.05) is 13.1 Å². The molecule has 6 heteroatoms. The molecule has 1 fully saturated rings. The Morgan fingerprint density at radius 2 is 2.00 bits per heavy atom. The molecule has 2 heterocycles. The van der Waals surface area contributed by atoms with Crippen molar-refractivity contribution in [2.24, 2.45) is 7.05 Å². The molecule has 1 aliphatic heterocycles. The molecule has 136 valence electrons. The number of anilines is 1. The van der Waals surface area contributed by atoms with Crippen molar-refractivity contribution in [1.82, 2.24) is 19.7 Å². The Bertz CT molecular complexity index is 634. The van der Waals surface area contributed by atoms with Gasteiger partial charge in [0, 0.05) is 20.1 Å². The molecule has 0 aliphatic carbocycles. The first-order valence-corrected chi connectivity index (χ1v) is 9.33. The normalized spacial score (nSPS) is 15.7. The number of likely N-dealkylation sites (tertiary alicyclic amines) is 1. The summed E-state index contributed by atoms with van der Waals surface area (Å²) < 4.78 is 7.64. The third-order valence-electron chi connectivity index (χ3n) is 4.59. The molecule has 0 unspecified atom stereocenters. The van der Waals surface area contributed by atoms with Gasteiger partial charge in [-0.15, -0.1) is 0 Å². The zero-order valence-electron chi connectivity index (χ0n) is 15.2. The molecule has 1 saturated heterocycles. The van der Waals surface area contributed by atoms with E-state index >= 15 is 0 Å². The summed E-state index contributed by atoms with van der Waals surface area (Å²) in [6.07, 6.45) is 7.88. The number of nitrogens with zero attached hydrogens (tertiary/aromatic N) is 4. The van der Waals surface area contributed by atoms with Gasteiger partial charge in [0.05, 0.1) is 6.61 Å². The standard InChI is InChI=1S/C19H29N5O/c1-23-19(21-16-22-23)20-10-7-13-25-18-9-6-8-17(14-18)15-24-11-4-2-3-5-12-24/h6,8-9,14,16H,2-5,7,10-13,15H2,1H3,(H,20,21,22). The Morgan fingerprint density at radius 3 is 2.76 bits per heavy atom. The van der Waals surface area contributed by atoms with Crippen molar-refractivity contribution >= 4 is 5.95 Å². The number of ether oxygens (including phenoxy) is 1. The van der Waals surface area contributed by atoms with Crippen LogP contribution in [0.15, 0.2) is 30.6 Å². The molecule has 1 aromatic carbocycles. The fourth-order valence-corrected chi connectivity index (χ4v) is 3.20. The zero-order chi connectivity index (χ0) is 17.3. The summed E-state index contributed by atoms with van der Waals surface area (Å²) in [6.45, 7) is 4.99. The monoisotopic (exact) mass is 343 g/mol. The number of rotatable bonds is 8. The Kier molecular flexibility index (Phi) is 6.68. The van der Waals surface area contributed by atoms with Crippen molar-refractivity contribution in [3.63, 3.8) is 0 Å². The minimum absolute atomic E-state index is 0.692. The predicted molar refractivity (Wildman–Crippen MR) is 99.8 cm³/mol. The first-order chi connectivity index (χ1) is 12.3. The van der Waals surface area contributed by atoms with Crippen LogP contribution in [0, 0.1) is 0 Å². The zero-order valence-corrected chi connectivity index (χ0v) is 15.2. The molecular weight excluding hydrogens is 314 g/mol. The van der Waals surface area contributed by atoms with Crippen LogP contribution in [0.25, 0.3) is 0 Å². The predicted octanol–water partition coefficient (Wildman–Crippen LogP) is 3.07. The summed E-state index contributed by atoms with van der Waals surface area (Å²) in [7, 11) is 1.88. The lowest BCUT2D eigenvalue weighted by Crippen LogP contribution is -2.23. The summed E-state index contributed by atoms with van der Waals surface area (Å²) in [5.41, 5.74) is 1.34. The van der Waals surface area contributed by atoms with E-state index in [1.165, 1.54) is 44.3 Å². The van der Waals surface area contributed by atoms with E-state index < -0.39 is 0 Å². The van der Waals surface area contributed by atoms with Gasteiger partial charge in [-0.3, -0.25) is 4.90 Å². The number of hydrogen-bond donors (Lipinski definition) is 1. The lowest BCUT2D eigenvalue weighted by atomic mass is 10.2. The quantitative estimate of drug-likeness (QED) is 0.747. The van der Waals surface area contributed by atoms with Gasteiger partial charge in [0.2, 0.25) is 5.95 Å². The lowest BCUT2D eigenvalue weighted by molar-refractivity contribution is 0.275. The molecule has 0 bridgehead atoms. The molecule has 0 spiro atoms. The highest BCUT2D eigenvalue weighted by molar-refractivity contribution is 5.28. The van der Waals surface area contributed by atoms with E-state index in [-0.39, 0.29) is 0 Å². The average molecular weight is 343 g/mol. The minimum Gasteiger partial charge on any atom is -0.494 e. The van der Waals surface area contributed by atoms with Gasteiger partial charge in [-0.2, -0.15) is 10.1 Å². The van der Waals surface area contributed by atoms with Crippen LogP contribution >= 0.6 is 0 Å². The number of benzene rings is 1. The highest BCUT2D eigenvalue weighted by Gasteiger charge is 2.09. The molecule has 0 amide bonds. The average Bonchev–Trinajstić information content (AvgIpc) is 2.86. The Balaban J connectivity index is 1.39. The highest BCUT2D eigenvalue weighted by Crippen LogP contribution is 2.17. The summed E-state index contributed by atoms with van der Waals surface area (Å²) in [6, 6.07) is 8.52. The Morgan fingerprint density at radius 1 is 1.16 bits per heavy atom. The summed E-state index contributed by atoms with van der Waals surface area (Å²) in [5, 5.41) is 7.29. The van der Waals surface area contributed by atoms with Crippen LogP contribution in [0.2, 0.25) is 0 Å². The van der Waals surface area contributed by atoms with Crippen molar-refractivity contribution in [2.75, 3.05) is 31.6 Å². The molecule has 3 rings (SSSR count). The third-order valence-corrected chi connectivity index (χ3v) is 4.59. The number of aryl methyl sites for hydroxylation is 1. The van der Waals surface area contributed by atoms with Crippen molar-refractivity contribution < 1.29 is 4.74 Å². The van der Waals surface area contributed by atoms with Gasteiger partial charge in [0.15, 0.2) is 0 Å². The van der Waals surface area contributed by atoms with Crippen molar-refractivity contribution in [1.29, 1.82) is 0 Å². The second-order valence-corrected chi connectivity index (χ2v) is 6.67. The second-order valence-electron chi connectivity index (χ2n) is 6.67. The topological polar surface area (TPSA) is 55.2 Å². The number of hydrogen-bond acceptors (Lipinski definition) is 5. The Labute approximate surface area is 150 Å². The van der Waals surface area contributed by atoms with Crippen LogP contribution in [0.1, 0.15) is 37.7 Å². The summed E-state index contributed by atoms with van der Waals surface area (Å²) >= 11 is 0. The van der Waals surface area contributed by atoms with Crippen LogP contribution in [-0.2, 0) is 13.6 Å². The molecule has 6 nitrogen and oxygen atoms in total. The number of nitrogens with one attached hydrogen (secondary N) is 1. The lowest BCUT2D eigenvalue weighted by Gasteiger charge is -2.20. The SMILES string of the molecule is Cn1ncnc1NCCCOc1cccc(CN2CCCCCC2)c1. The van der Waals surface area contributed by atoms with E-state index in [1.54, 1.807) is 11.0 Å². The molecule has 0 radical (unpaired) electrons. The van der Waals surface area contributed by atoms with Gasteiger partial charge in [-0.1, -0.05) is 25.0 Å². The van der Waals surface area contributed by atoms with Crippen molar-refractivity contribution in [2.45, 2.75) is 38.6 Å². The smallest absolute Gasteiger partial charge is 0.220 e. The van der Waals surface area contributed by atoms with Crippen LogP contribution in [0.4, 0.5) is 5.95 Å². The molecule has 1 N–H and O–H groups in total. The van der Waals surface area contributed by atoms with E-state index in [4.69, 9.17) is 4.74 Å². The summed E-state index contributed by atoms with van der Waals surface area (Å²) in [5.74, 6) is 1.76. The fourth-order valence-electron chi connectivity index (χ4n) is 3.20. The molecular formula is C19H29N5O. The second kappa shape index (κ2) is 9.42. The van der Waals surface area contributed by atoms with E-state index in [0.717, 1.165) is 31.2 Å². The van der Waals surface area contributed by atoms with Crippen LogP contribution in [0.5, 0.6) is 5.75 Å². The van der Waals surface area contributed by atoms with E-state index in [0.29, 0.717) is 6.61 Å². The molecule has 2 aromatic rings. The first-order valence-electron chi connectivity index (χ1n) is 9.33. The van der Waals surface area contributed by atoms with Gasteiger partial charge in [-0.25, -0.2) is 4.68 Å². The van der Waals surface area contributed by atoms with Crippen LogP contribution < -0.4 is 10.1 Å². The van der Waals surface area contributed by atoms with Gasteiger partial charge >= 0.3 is 0 Å². The van der Waals surface area contributed by atoms with Crippen molar-refractivity contribution in [3.05, 3.63) is 36.2 Å². The Hall–Kier alpha value is -2.08. The van der Waals surface area contributed by atoms with E-state index in [2.05, 4.69) is 38.5 Å². The highest BCUT2D eigenvalue weighted by atomic mass is 16.5. The minimum atomic E-state index is 0.692. The maximum absolute atomic E-state index is 5.91.